The molecule has 2 aliphatic rings. The molecule has 1 aromatic carbocycles. The van der Waals surface area contributed by atoms with E-state index in [9.17, 15) is 13.6 Å². The van der Waals surface area contributed by atoms with Gasteiger partial charge in [0, 0.05) is 49.1 Å². The molecule has 2 atom stereocenters. The highest BCUT2D eigenvalue weighted by Gasteiger charge is 2.32. The highest BCUT2D eigenvalue weighted by molar-refractivity contribution is 5.96. The fourth-order valence-corrected chi connectivity index (χ4v) is 5.13. The molecule has 0 saturated carbocycles. The van der Waals surface area contributed by atoms with Crippen molar-refractivity contribution >= 4 is 17.4 Å². The van der Waals surface area contributed by atoms with Gasteiger partial charge in [0.15, 0.2) is 5.65 Å². The van der Waals surface area contributed by atoms with E-state index in [2.05, 4.69) is 11.8 Å². The number of hydrogen-bond donors (Lipinski definition) is 0. The summed E-state index contributed by atoms with van der Waals surface area (Å²) in [5.74, 6) is -0.167. The van der Waals surface area contributed by atoms with Crippen LogP contribution in [-0.4, -0.2) is 45.0 Å². The summed E-state index contributed by atoms with van der Waals surface area (Å²) in [6.45, 7) is 8.34. The average molecular weight is 454 g/mol. The summed E-state index contributed by atoms with van der Waals surface area (Å²) < 4.78 is 29.8. The molecule has 0 N–H and O–H groups in total. The van der Waals surface area contributed by atoms with Crippen LogP contribution in [0.4, 0.5) is 14.6 Å². The van der Waals surface area contributed by atoms with E-state index in [1.165, 1.54) is 6.92 Å². The number of aromatic nitrogens is 3. The van der Waals surface area contributed by atoms with Crippen molar-refractivity contribution in [1.29, 1.82) is 0 Å². The third kappa shape index (κ3) is 3.96. The molecule has 6 nitrogen and oxygen atoms in total. The van der Waals surface area contributed by atoms with Crippen molar-refractivity contribution in [3.8, 4) is 0 Å². The molecule has 4 heterocycles. The number of nitrogens with zero attached hydrogens (tertiary/aromatic N) is 5. The van der Waals surface area contributed by atoms with E-state index in [4.69, 9.17) is 10.1 Å². The predicted octanol–water partition coefficient (Wildman–Crippen LogP) is 4.84. The minimum absolute atomic E-state index is 0.0718. The second-order valence-corrected chi connectivity index (χ2v) is 9.53. The second-order valence-electron chi connectivity index (χ2n) is 9.53. The quantitative estimate of drug-likeness (QED) is 0.570. The lowest BCUT2D eigenvalue weighted by molar-refractivity contribution is 0.0604. The van der Waals surface area contributed by atoms with E-state index >= 15 is 0 Å². The van der Waals surface area contributed by atoms with E-state index in [-0.39, 0.29) is 23.1 Å². The molecule has 33 heavy (non-hydrogen) atoms. The SMILES string of the molecule is Cc1cn2nc([C@@H]3CCCCN3C(=O)c3cc(F)cc(F)c3C)cc2nc1N1CC[C@H](C)C1. The molecule has 1 amide bonds. The van der Waals surface area contributed by atoms with Crippen molar-refractivity contribution in [3.05, 3.63) is 58.4 Å². The van der Waals surface area contributed by atoms with Gasteiger partial charge in [0.1, 0.15) is 17.5 Å². The molecule has 174 valence electrons. The third-order valence-electron chi connectivity index (χ3n) is 6.99. The Morgan fingerprint density at radius 3 is 2.67 bits per heavy atom. The molecule has 2 aliphatic heterocycles. The fourth-order valence-electron chi connectivity index (χ4n) is 5.13. The first-order valence-corrected chi connectivity index (χ1v) is 11.7. The topological polar surface area (TPSA) is 53.7 Å². The standard InChI is InChI=1S/C25H29F2N5O/c1-15-7-9-30(13-15)24-16(2)14-32-23(28-24)12-21(29-32)22-6-4-5-8-31(22)25(33)19-10-18(26)11-20(27)17(19)3/h10-12,14-15,22H,4-9,13H2,1-3H3/t15-,22-/m0/s1. The number of benzene rings is 1. The fraction of sp³-hybridized carbons (Fsp3) is 0.480. The molecule has 2 aromatic heterocycles. The number of likely N-dealkylation sites (tertiary alicyclic amines) is 1. The molecule has 3 aromatic rings. The van der Waals surface area contributed by atoms with Gasteiger partial charge in [-0.25, -0.2) is 18.3 Å². The van der Waals surface area contributed by atoms with Crippen LogP contribution in [0.3, 0.4) is 0 Å². The van der Waals surface area contributed by atoms with E-state index < -0.39 is 11.6 Å². The van der Waals surface area contributed by atoms with Crippen molar-refractivity contribution in [1.82, 2.24) is 19.5 Å². The number of rotatable bonds is 3. The van der Waals surface area contributed by atoms with Gasteiger partial charge in [-0.1, -0.05) is 6.92 Å². The van der Waals surface area contributed by atoms with E-state index in [0.29, 0.717) is 12.5 Å². The van der Waals surface area contributed by atoms with E-state index in [0.717, 1.165) is 73.6 Å². The smallest absolute Gasteiger partial charge is 0.254 e. The van der Waals surface area contributed by atoms with Gasteiger partial charge in [0.25, 0.3) is 5.91 Å². The lowest BCUT2D eigenvalue weighted by atomic mass is 9.97. The van der Waals surface area contributed by atoms with Gasteiger partial charge in [-0.3, -0.25) is 4.79 Å². The molecule has 2 saturated heterocycles. The molecule has 8 heteroatoms. The van der Waals surface area contributed by atoms with Gasteiger partial charge in [0.2, 0.25) is 0 Å². The van der Waals surface area contributed by atoms with Crippen molar-refractivity contribution in [2.45, 2.75) is 52.5 Å². The van der Waals surface area contributed by atoms with Gasteiger partial charge in [0.05, 0.1) is 11.7 Å². The minimum Gasteiger partial charge on any atom is -0.356 e. The van der Waals surface area contributed by atoms with Gasteiger partial charge in [-0.15, -0.1) is 0 Å². The van der Waals surface area contributed by atoms with Crippen LogP contribution in [0.2, 0.25) is 0 Å². The van der Waals surface area contributed by atoms with Crippen LogP contribution in [0.1, 0.15) is 65.8 Å². The lowest BCUT2D eigenvalue weighted by Crippen LogP contribution is -2.39. The predicted molar refractivity (Wildman–Crippen MR) is 122 cm³/mol. The molecular formula is C25H29F2N5O. The Bertz CT molecular complexity index is 1220. The first-order chi connectivity index (χ1) is 15.8. The van der Waals surface area contributed by atoms with Crippen LogP contribution in [0.25, 0.3) is 5.65 Å². The number of piperidine rings is 1. The maximum Gasteiger partial charge on any atom is 0.254 e. The Morgan fingerprint density at radius 1 is 1.09 bits per heavy atom. The van der Waals surface area contributed by atoms with Gasteiger partial charge in [-0.2, -0.15) is 5.10 Å². The normalized spacial score (nSPS) is 21.2. The molecule has 0 unspecified atom stereocenters. The largest absolute Gasteiger partial charge is 0.356 e. The summed E-state index contributed by atoms with van der Waals surface area (Å²) in [6, 6.07) is 3.63. The van der Waals surface area contributed by atoms with Crippen LogP contribution in [-0.2, 0) is 0 Å². The molecular weight excluding hydrogens is 424 g/mol. The molecule has 2 fully saturated rings. The molecule has 0 bridgehead atoms. The van der Waals surface area contributed by atoms with Crippen LogP contribution in [0.5, 0.6) is 0 Å². The number of anilines is 1. The van der Waals surface area contributed by atoms with Gasteiger partial charge < -0.3 is 9.80 Å². The highest BCUT2D eigenvalue weighted by Crippen LogP contribution is 2.33. The van der Waals surface area contributed by atoms with Crippen LogP contribution < -0.4 is 4.90 Å². The maximum absolute atomic E-state index is 14.1. The van der Waals surface area contributed by atoms with Crippen LogP contribution in [0.15, 0.2) is 24.4 Å². The zero-order valence-corrected chi connectivity index (χ0v) is 19.3. The van der Waals surface area contributed by atoms with Crippen LogP contribution in [0, 0.1) is 31.4 Å². The van der Waals surface area contributed by atoms with Gasteiger partial charge >= 0.3 is 0 Å². The van der Waals surface area contributed by atoms with Crippen molar-refractivity contribution in [2.24, 2.45) is 5.92 Å². The Morgan fingerprint density at radius 2 is 1.91 bits per heavy atom. The first kappa shape index (κ1) is 21.8. The number of aryl methyl sites for hydroxylation is 1. The van der Waals surface area contributed by atoms with E-state index in [1.54, 1.807) is 9.42 Å². The lowest BCUT2D eigenvalue weighted by Gasteiger charge is -2.35. The summed E-state index contributed by atoms with van der Waals surface area (Å²) in [4.78, 5) is 22.3. The summed E-state index contributed by atoms with van der Waals surface area (Å²) in [7, 11) is 0. The zero-order valence-electron chi connectivity index (χ0n) is 19.3. The van der Waals surface area contributed by atoms with Gasteiger partial charge in [-0.05, 0) is 57.1 Å². The number of fused-ring (bicyclic) bond motifs is 1. The summed E-state index contributed by atoms with van der Waals surface area (Å²) in [5, 5.41) is 4.76. The first-order valence-electron chi connectivity index (χ1n) is 11.7. The second kappa shape index (κ2) is 8.39. The Labute approximate surface area is 192 Å². The molecule has 0 radical (unpaired) electrons. The summed E-state index contributed by atoms with van der Waals surface area (Å²) in [6.07, 6.45) is 5.71. The van der Waals surface area contributed by atoms with Crippen molar-refractivity contribution in [3.63, 3.8) is 0 Å². The monoisotopic (exact) mass is 453 g/mol. The number of carbonyl (C=O) groups excluding carboxylic acids is 1. The summed E-state index contributed by atoms with van der Waals surface area (Å²) >= 11 is 0. The maximum atomic E-state index is 14.1. The summed E-state index contributed by atoms with van der Waals surface area (Å²) in [5.41, 5.74) is 2.81. The third-order valence-corrected chi connectivity index (χ3v) is 6.99. The van der Waals surface area contributed by atoms with Crippen molar-refractivity contribution in [2.75, 3.05) is 24.5 Å². The number of halogens is 2. The average Bonchev–Trinajstić information content (AvgIpc) is 3.40. The zero-order chi connectivity index (χ0) is 23.3. The molecule has 5 rings (SSSR count). The van der Waals surface area contributed by atoms with Crippen LogP contribution >= 0.6 is 0 Å². The Balaban J connectivity index is 1.49. The molecule has 0 spiro atoms. The number of amides is 1. The number of hydrogen-bond acceptors (Lipinski definition) is 4. The highest BCUT2D eigenvalue weighted by atomic mass is 19.1. The molecule has 0 aliphatic carbocycles. The van der Waals surface area contributed by atoms with E-state index in [1.807, 2.05) is 19.2 Å². The Kier molecular flexibility index (Phi) is 5.54. The number of carbonyl (C=O) groups is 1. The Hall–Kier alpha value is -3.03. The minimum atomic E-state index is -0.744. The van der Waals surface area contributed by atoms with Crippen molar-refractivity contribution < 1.29 is 13.6 Å².